The highest BCUT2D eigenvalue weighted by Gasteiger charge is 2.51. The lowest BCUT2D eigenvalue weighted by atomic mass is 9.82. The average molecular weight is 639 g/mol. The quantitative estimate of drug-likeness (QED) is 0.332. The smallest absolute Gasteiger partial charge is 0.410 e. The highest BCUT2D eigenvalue weighted by Crippen LogP contribution is 2.53. The molecule has 2 saturated heterocycles. The van der Waals surface area contributed by atoms with Gasteiger partial charge in [-0.15, -0.1) is 0 Å². The van der Waals surface area contributed by atoms with Gasteiger partial charge in [-0.2, -0.15) is 0 Å². The number of fused-ring (bicyclic) bond motifs is 3. The first kappa shape index (κ1) is 31.1. The normalized spacial score (nSPS) is 20.0. The van der Waals surface area contributed by atoms with Crippen molar-refractivity contribution in [1.82, 2.24) is 4.90 Å². The minimum absolute atomic E-state index is 0.0385. The maximum absolute atomic E-state index is 16.7. The molecule has 0 bridgehead atoms. The SMILES string of the molecule is CC(C)(C)OC(=O)N1CCN2c3cc(F)c(Cl)c(-c4c(C(N)=O)ccc(NC5CCOCC5)c4F)c3CC2(c2ccccc2)C1. The van der Waals surface area contributed by atoms with Crippen molar-refractivity contribution in [1.29, 1.82) is 0 Å². The summed E-state index contributed by atoms with van der Waals surface area (Å²) in [6, 6.07) is 13.9. The van der Waals surface area contributed by atoms with E-state index in [-0.39, 0.29) is 46.4 Å². The Labute approximate surface area is 266 Å². The molecule has 3 aliphatic rings. The molecule has 45 heavy (non-hydrogen) atoms. The summed E-state index contributed by atoms with van der Waals surface area (Å²) in [6.07, 6.45) is 1.18. The number of ether oxygens (including phenoxy) is 2. The topological polar surface area (TPSA) is 97.1 Å². The molecule has 2 amide bonds. The molecule has 238 valence electrons. The summed E-state index contributed by atoms with van der Waals surface area (Å²) < 4.78 is 43.6. The Morgan fingerprint density at radius 2 is 1.78 bits per heavy atom. The second-order valence-corrected chi connectivity index (χ2v) is 13.3. The molecule has 1 unspecified atom stereocenters. The van der Waals surface area contributed by atoms with E-state index in [1.807, 2.05) is 51.1 Å². The van der Waals surface area contributed by atoms with Crippen LogP contribution in [0.3, 0.4) is 0 Å². The van der Waals surface area contributed by atoms with Crippen LogP contribution in [0.2, 0.25) is 5.02 Å². The third-order valence-electron chi connectivity index (χ3n) is 8.83. The standard InChI is InChI=1S/C34H37ClF2N4O4/c1-33(2,3)45-32(43)40-13-14-41-26-17-24(36)29(35)27(23(26)18-34(41,19-40)20-7-5-4-6-8-20)28-22(31(38)42)9-10-25(30(28)37)39-21-11-15-44-16-12-21/h4-10,17,21,39H,11-16,18-19H2,1-3H3,(H2,38,42). The molecule has 11 heteroatoms. The van der Waals surface area contributed by atoms with Crippen LogP contribution in [0.1, 0.15) is 55.1 Å². The first-order chi connectivity index (χ1) is 21.4. The van der Waals surface area contributed by atoms with Crippen LogP contribution in [0.15, 0.2) is 48.5 Å². The maximum Gasteiger partial charge on any atom is 0.410 e. The molecule has 6 rings (SSSR count). The van der Waals surface area contributed by atoms with E-state index in [0.29, 0.717) is 50.4 Å². The molecule has 0 saturated carbocycles. The number of primary amides is 1. The van der Waals surface area contributed by atoms with Gasteiger partial charge >= 0.3 is 6.09 Å². The van der Waals surface area contributed by atoms with Crippen molar-refractivity contribution in [2.75, 3.05) is 43.1 Å². The number of hydrogen-bond donors (Lipinski definition) is 2. The molecule has 3 aromatic rings. The number of carbonyl (C=O) groups excluding carboxylic acids is 2. The van der Waals surface area contributed by atoms with Gasteiger partial charge in [-0.05, 0) is 62.9 Å². The predicted octanol–water partition coefficient (Wildman–Crippen LogP) is 6.48. The van der Waals surface area contributed by atoms with Crippen LogP contribution in [0.4, 0.5) is 25.0 Å². The molecule has 1 atom stereocenters. The Hall–Kier alpha value is -3.89. The lowest BCUT2D eigenvalue weighted by Crippen LogP contribution is -2.60. The second-order valence-electron chi connectivity index (χ2n) is 12.9. The Balaban J connectivity index is 1.51. The lowest BCUT2D eigenvalue weighted by Gasteiger charge is -2.48. The van der Waals surface area contributed by atoms with Crippen LogP contribution in [-0.4, -0.2) is 61.4 Å². The van der Waals surface area contributed by atoms with Crippen LogP contribution in [-0.2, 0) is 21.4 Å². The number of nitrogens with two attached hydrogens (primary N) is 1. The van der Waals surface area contributed by atoms with Crippen molar-refractivity contribution in [3.63, 3.8) is 0 Å². The first-order valence-corrected chi connectivity index (χ1v) is 15.6. The van der Waals surface area contributed by atoms with E-state index in [2.05, 4.69) is 10.2 Å². The molecule has 3 aliphatic heterocycles. The van der Waals surface area contributed by atoms with Crippen LogP contribution in [0.5, 0.6) is 0 Å². The summed E-state index contributed by atoms with van der Waals surface area (Å²) in [5, 5.41) is 2.93. The van der Waals surface area contributed by atoms with Crippen molar-refractivity contribution in [2.45, 2.75) is 57.2 Å². The number of carbonyl (C=O) groups is 2. The van der Waals surface area contributed by atoms with Crippen LogP contribution < -0.4 is 16.0 Å². The largest absolute Gasteiger partial charge is 0.444 e. The molecular weight excluding hydrogens is 602 g/mol. The highest BCUT2D eigenvalue weighted by molar-refractivity contribution is 6.34. The van der Waals surface area contributed by atoms with E-state index >= 15 is 8.78 Å². The van der Waals surface area contributed by atoms with Crippen molar-refractivity contribution < 1.29 is 27.8 Å². The monoisotopic (exact) mass is 638 g/mol. The van der Waals surface area contributed by atoms with Gasteiger partial charge in [-0.1, -0.05) is 41.9 Å². The number of anilines is 2. The number of amides is 2. The van der Waals surface area contributed by atoms with Crippen molar-refractivity contribution >= 4 is 35.0 Å². The fraction of sp³-hybridized carbons (Fsp3) is 0.412. The third kappa shape index (κ3) is 5.70. The predicted molar refractivity (Wildman–Crippen MR) is 170 cm³/mol. The van der Waals surface area contributed by atoms with E-state index in [1.54, 1.807) is 4.90 Å². The number of halogens is 3. The molecule has 0 aliphatic carbocycles. The molecule has 3 N–H and O–H groups in total. The zero-order valence-electron chi connectivity index (χ0n) is 25.6. The number of nitrogens with one attached hydrogen (secondary N) is 1. The molecule has 3 heterocycles. The van der Waals surface area contributed by atoms with Gasteiger partial charge in [-0.25, -0.2) is 13.6 Å². The molecule has 2 fully saturated rings. The number of benzene rings is 3. The zero-order chi connectivity index (χ0) is 32.1. The Morgan fingerprint density at radius 3 is 2.44 bits per heavy atom. The van der Waals surface area contributed by atoms with Crippen LogP contribution in [0.25, 0.3) is 11.1 Å². The minimum Gasteiger partial charge on any atom is -0.444 e. The van der Waals surface area contributed by atoms with Gasteiger partial charge in [0.05, 0.1) is 28.4 Å². The highest BCUT2D eigenvalue weighted by atomic mass is 35.5. The molecule has 0 radical (unpaired) electrons. The average Bonchev–Trinajstić information content (AvgIpc) is 3.33. The van der Waals surface area contributed by atoms with Gasteiger partial charge < -0.3 is 30.3 Å². The van der Waals surface area contributed by atoms with E-state index in [1.165, 1.54) is 18.2 Å². The van der Waals surface area contributed by atoms with Crippen molar-refractivity contribution in [2.24, 2.45) is 5.73 Å². The van der Waals surface area contributed by atoms with E-state index < -0.39 is 34.8 Å². The fourth-order valence-corrected chi connectivity index (χ4v) is 7.08. The van der Waals surface area contributed by atoms with Gasteiger partial charge in [0.15, 0.2) is 5.82 Å². The summed E-state index contributed by atoms with van der Waals surface area (Å²) in [5.74, 6) is -2.34. The van der Waals surface area contributed by atoms with Crippen LogP contribution in [0, 0.1) is 11.6 Å². The Kier molecular flexibility index (Phi) is 8.16. The summed E-state index contributed by atoms with van der Waals surface area (Å²) in [7, 11) is 0. The zero-order valence-corrected chi connectivity index (χ0v) is 26.3. The summed E-state index contributed by atoms with van der Waals surface area (Å²) in [6.45, 7) is 7.45. The van der Waals surface area contributed by atoms with E-state index in [9.17, 15) is 9.59 Å². The van der Waals surface area contributed by atoms with Gasteiger partial charge in [0.1, 0.15) is 11.4 Å². The minimum atomic E-state index is -0.861. The summed E-state index contributed by atoms with van der Waals surface area (Å²) in [5.41, 5.74) is 6.23. The first-order valence-electron chi connectivity index (χ1n) is 15.2. The van der Waals surface area contributed by atoms with Gasteiger partial charge in [0.2, 0.25) is 5.91 Å². The number of nitrogens with zero attached hydrogens (tertiary/aromatic N) is 2. The maximum atomic E-state index is 16.7. The lowest BCUT2D eigenvalue weighted by molar-refractivity contribution is 0.0164. The van der Waals surface area contributed by atoms with E-state index in [0.717, 1.165) is 5.56 Å². The van der Waals surface area contributed by atoms with Crippen LogP contribution >= 0.6 is 11.6 Å². The molecule has 3 aromatic carbocycles. The van der Waals surface area contributed by atoms with Crippen molar-refractivity contribution in [3.05, 3.63) is 81.9 Å². The third-order valence-corrected chi connectivity index (χ3v) is 9.20. The molecule has 0 spiro atoms. The number of piperazine rings is 1. The summed E-state index contributed by atoms with van der Waals surface area (Å²) in [4.78, 5) is 29.7. The van der Waals surface area contributed by atoms with Gasteiger partial charge in [0.25, 0.3) is 0 Å². The van der Waals surface area contributed by atoms with Crippen molar-refractivity contribution in [3.8, 4) is 11.1 Å². The Bertz CT molecular complexity index is 1640. The molecule has 0 aromatic heterocycles. The van der Waals surface area contributed by atoms with Gasteiger partial charge in [0, 0.05) is 55.6 Å². The van der Waals surface area contributed by atoms with Gasteiger partial charge in [-0.3, -0.25) is 4.79 Å². The molecule has 8 nitrogen and oxygen atoms in total. The number of hydrogen-bond acceptors (Lipinski definition) is 6. The van der Waals surface area contributed by atoms with E-state index in [4.69, 9.17) is 26.8 Å². The fourth-order valence-electron chi connectivity index (χ4n) is 6.82. The summed E-state index contributed by atoms with van der Waals surface area (Å²) >= 11 is 6.71. The Morgan fingerprint density at radius 1 is 1.07 bits per heavy atom. The second kappa shape index (κ2) is 11.8. The molecular formula is C34H37ClF2N4O4. The number of rotatable bonds is 5.